The Labute approximate surface area is 141 Å². The zero-order chi connectivity index (χ0) is 17.1. The number of amides is 1. The van der Waals surface area contributed by atoms with Gasteiger partial charge in [0.2, 0.25) is 0 Å². The lowest BCUT2D eigenvalue weighted by Gasteiger charge is -2.07. The van der Waals surface area contributed by atoms with E-state index < -0.39 is 0 Å². The van der Waals surface area contributed by atoms with Crippen molar-refractivity contribution in [2.24, 2.45) is 4.99 Å². The first-order valence-electron chi connectivity index (χ1n) is 7.97. The number of rotatable bonds is 4. The summed E-state index contributed by atoms with van der Waals surface area (Å²) in [6.07, 6.45) is 2.70. The molecule has 2 aromatic rings. The van der Waals surface area contributed by atoms with Crippen LogP contribution in [-0.4, -0.2) is 18.9 Å². The lowest BCUT2D eigenvalue weighted by Crippen LogP contribution is -2.25. The summed E-state index contributed by atoms with van der Waals surface area (Å²) in [6, 6.07) is 13.8. The van der Waals surface area contributed by atoms with E-state index in [2.05, 4.69) is 17.2 Å². The molecule has 0 atom stereocenters. The number of amidine groups is 1. The van der Waals surface area contributed by atoms with Gasteiger partial charge in [-0.25, -0.2) is 4.99 Å². The van der Waals surface area contributed by atoms with Crippen molar-refractivity contribution >= 4 is 17.8 Å². The highest BCUT2D eigenvalue weighted by Crippen LogP contribution is 2.25. The minimum absolute atomic E-state index is 0.197. The molecule has 3 rings (SSSR count). The van der Waals surface area contributed by atoms with Crippen LogP contribution in [0.1, 0.15) is 29.2 Å². The zero-order valence-electron chi connectivity index (χ0n) is 14.1. The first kappa shape index (κ1) is 16.0. The van der Waals surface area contributed by atoms with Gasteiger partial charge in [-0.15, -0.1) is 0 Å². The van der Waals surface area contributed by atoms with Gasteiger partial charge in [-0.1, -0.05) is 37.3 Å². The number of methoxy groups -OCH3 is 1. The normalized spacial score (nSPS) is 15.4. The fourth-order valence-corrected chi connectivity index (χ4v) is 2.70. The second-order valence-electron chi connectivity index (χ2n) is 5.69. The predicted octanol–water partition coefficient (Wildman–Crippen LogP) is 3.48. The molecule has 4 heteroatoms. The van der Waals surface area contributed by atoms with Gasteiger partial charge < -0.3 is 10.1 Å². The highest BCUT2D eigenvalue weighted by Gasteiger charge is 2.22. The highest BCUT2D eigenvalue weighted by atomic mass is 16.5. The van der Waals surface area contributed by atoms with Crippen LogP contribution in [0, 0.1) is 6.92 Å². The number of hydrogen-bond donors (Lipinski definition) is 1. The lowest BCUT2D eigenvalue weighted by molar-refractivity contribution is -0.115. The summed E-state index contributed by atoms with van der Waals surface area (Å²) in [5.41, 5.74) is 4.44. The van der Waals surface area contributed by atoms with Crippen LogP contribution < -0.4 is 10.1 Å². The number of nitrogens with one attached hydrogen (secondary N) is 1. The molecule has 0 spiro atoms. The molecule has 122 valence electrons. The summed E-state index contributed by atoms with van der Waals surface area (Å²) >= 11 is 0. The summed E-state index contributed by atoms with van der Waals surface area (Å²) in [4.78, 5) is 16.8. The van der Waals surface area contributed by atoms with Crippen LogP contribution in [0.4, 0.5) is 0 Å². The Morgan fingerprint density at radius 1 is 1.21 bits per heavy atom. The Morgan fingerprint density at radius 3 is 2.71 bits per heavy atom. The number of benzene rings is 2. The third kappa shape index (κ3) is 3.08. The van der Waals surface area contributed by atoms with Gasteiger partial charge in [0.15, 0.2) is 0 Å². The van der Waals surface area contributed by atoms with Gasteiger partial charge in [0.1, 0.15) is 17.3 Å². The maximum atomic E-state index is 12.3. The molecule has 0 fully saturated rings. The SMILES string of the molecule is CCc1ccc(OC)c(/C=C2/N=C(c3ccccc3C)NC2=O)c1. The van der Waals surface area contributed by atoms with Crippen LogP contribution in [0.25, 0.3) is 6.08 Å². The van der Waals surface area contributed by atoms with Crippen molar-refractivity contribution in [2.75, 3.05) is 7.11 Å². The number of nitrogens with zero attached hydrogens (tertiary/aromatic N) is 1. The van der Waals surface area contributed by atoms with Gasteiger partial charge >= 0.3 is 0 Å². The van der Waals surface area contributed by atoms with Crippen molar-refractivity contribution < 1.29 is 9.53 Å². The molecule has 24 heavy (non-hydrogen) atoms. The van der Waals surface area contributed by atoms with Crippen molar-refractivity contribution in [3.8, 4) is 5.75 Å². The third-order valence-corrected chi connectivity index (χ3v) is 4.09. The summed E-state index contributed by atoms with van der Waals surface area (Å²) in [6.45, 7) is 4.09. The van der Waals surface area contributed by atoms with E-state index in [0.717, 1.165) is 28.9 Å². The van der Waals surface area contributed by atoms with Gasteiger partial charge in [0.25, 0.3) is 5.91 Å². The smallest absolute Gasteiger partial charge is 0.275 e. The van der Waals surface area contributed by atoms with Gasteiger partial charge in [-0.2, -0.15) is 0 Å². The van der Waals surface area contributed by atoms with E-state index in [9.17, 15) is 4.79 Å². The van der Waals surface area contributed by atoms with Crippen molar-refractivity contribution in [3.63, 3.8) is 0 Å². The first-order chi connectivity index (χ1) is 11.6. The fourth-order valence-electron chi connectivity index (χ4n) is 2.70. The van der Waals surface area contributed by atoms with Gasteiger partial charge in [-0.3, -0.25) is 4.79 Å². The van der Waals surface area contributed by atoms with E-state index in [-0.39, 0.29) is 5.91 Å². The minimum atomic E-state index is -0.197. The average Bonchev–Trinajstić information content (AvgIpc) is 2.95. The molecule has 0 bridgehead atoms. The standard InChI is InChI=1S/C20H20N2O2/c1-4-14-9-10-18(24-3)15(11-14)12-17-20(23)22-19(21-17)16-8-6-5-7-13(16)2/h5-12H,4H2,1-3H3,(H,21,22,23)/b17-12+. The molecule has 1 heterocycles. The minimum Gasteiger partial charge on any atom is -0.496 e. The van der Waals surface area contributed by atoms with E-state index in [4.69, 9.17) is 4.74 Å². The molecular formula is C20H20N2O2. The molecule has 0 aromatic heterocycles. The Balaban J connectivity index is 2.02. The summed E-state index contributed by atoms with van der Waals surface area (Å²) in [5.74, 6) is 1.12. The number of carbonyl (C=O) groups excluding carboxylic acids is 1. The molecule has 1 aliphatic rings. The van der Waals surface area contributed by atoms with E-state index in [0.29, 0.717) is 11.5 Å². The molecule has 4 nitrogen and oxygen atoms in total. The molecule has 0 unspecified atom stereocenters. The van der Waals surface area contributed by atoms with Crippen LogP contribution in [0.3, 0.4) is 0 Å². The molecule has 0 radical (unpaired) electrons. The van der Waals surface area contributed by atoms with Crippen molar-refractivity contribution in [1.82, 2.24) is 5.32 Å². The molecule has 0 aliphatic carbocycles. The second kappa shape index (κ2) is 6.71. The summed E-state index contributed by atoms with van der Waals surface area (Å²) < 4.78 is 5.40. The Morgan fingerprint density at radius 2 is 2.00 bits per heavy atom. The number of hydrogen-bond acceptors (Lipinski definition) is 3. The van der Waals surface area contributed by atoms with E-state index >= 15 is 0 Å². The molecule has 1 aliphatic heterocycles. The van der Waals surface area contributed by atoms with Crippen molar-refractivity contribution in [1.29, 1.82) is 0 Å². The molecule has 0 saturated heterocycles. The largest absolute Gasteiger partial charge is 0.496 e. The van der Waals surface area contributed by atoms with Gasteiger partial charge in [0.05, 0.1) is 7.11 Å². The van der Waals surface area contributed by atoms with Crippen LogP contribution in [-0.2, 0) is 11.2 Å². The number of carbonyl (C=O) groups is 1. The van der Waals surface area contributed by atoms with Crippen LogP contribution >= 0.6 is 0 Å². The Hall–Kier alpha value is -2.88. The van der Waals surface area contributed by atoms with Crippen molar-refractivity contribution in [2.45, 2.75) is 20.3 Å². The maximum absolute atomic E-state index is 12.3. The first-order valence-corrected chi connectivity index (χ1v) is 7.97. The monoisotopic (exact) mass is 320 g/mol. The molecule has 1 amide bonds. The number of aryl methyl sites for hydroxylation is 2. The van der Waals surface area contributed by atoms with Gasteiger partial charge in [-0.05, 0) is 42.7 Å². The van der Waals surface area contributed by atoms with Crippen LogP contribution in [0.5, 0.6) is 5.75 Å². The van der Waals surface area contributed by atoms with Crippen LogP contribution in [0.15, 0.2) is 53.2 Å². The lowest BCUT2D eigenvalue weighted by atomic mass is 10.1. The van der Waals surface area contributed by atoms with E-state index in [1.54, 1.807) is 13.2 Å². The second-order valence-corrected chi connectivity index (χ2v) is 5.69. The Kier molecular flexibility index (Phi) is 4.47. The average molecular weight is 320 g/mol. The maximum Gasteiger partial charge on any atom is 0.275 e. The summed E-state index contributed by atoms with van der Waals surface area (Å²) in [7, 11) is 1.62. The number of aliphatic imine (C=N–C) groups is 1. The molecular weight excluding hydrogens is 300 g/mol. The Bertz CT molecular complexity index is 850. The van der Waals surface area contributed by atoms with Crippen LogP contribution in [0.2, 0.25) is 0 Å². The zero-order valence-corrected chi connectivity index (χ0v) is 14.1. The van der Waals surface area contributed by atoms with Gasteiger partial charge in [0, 0.05) is 11.1 Å². The predicted molar refractivity (Wildman–Crippen MR) is 96.2 cm³/mol. The quantitative estimate of drug-likeness (QED) is 0.877. The topological polar surface area (TPSA) is 50.7 Å². The third-order valence-electron chi connectivity index (χ3n) is 4.09. The fraction of sp³-hybridized carbons (Fsp3) is 0.200. The molecule has 2 aromatic carbocycles. The van der Waals surface area contributed by atoms with Crippen molar-refractivity contribution in [3.05, 3.63) is 70.4 Å². The molecule has 0 saturated carbocycles. The van der Waals surface area contributed by atoms with E-state index in [1.165, 1.54) is 5.56 Å². The highest BCUT2D eigenvalue weighted by molar-refractivity contribution is 6.20. The number of ether oxygens (including phenoxy) is 1. The van der Waals surface area contributed by atoms with E-state index in [1.807, 2.05) is 49.4 Å². The summed E-state index contributed by atoms with van der Waals surface area (Å²) in [5, 5.41) is 2.85. The molecule has 1 N–H and O–H groups in total.